The number of nitrogens with one attached hydrogen (secondary N) is 1. The van der Waals surface area contributed by atoms with Gasteiger partial charge in [0.25, 0.3) is 5.91 Å². The molecule has 0 unspecified atom stereocenters. The SMILES string of the molecule is CC[C@H](C)Oc1ccc(C(=O)Nc2ccc(-c3ccc(CO)o3)c(OC)c2)cc1. The molecule has 2 aromatic carbocycles. The minimum atomic E-state index is -0.226. The maximum absolute atomic E-state index is 12.6. The fraction of sp³-hybridized carbons (Fsp3) is 0.261. The van der Waals surface area contributed by atoms with Crippen LogP contribution in [0.1, 0.15) is 36.4 Å². The van der Waals surface area contributed by atoms with E-state index in [0.29, 0.717) is 28.5 Å². The van der Waals surface area contributed by atoms with Gasteiger partial charge in [0.05, 0.1) is 18.8 Å². The van der Waals surface area contributed by atoms with Crippen molar-refractivity contribution in [2.75, 3.05) is 12.4 Å². The zero-order valence-corrected chi connectivity index (χ0v) is 16.8. The molecule has 29 heavy (non-hydrogen) atoms. The highest BCUT2D eigenvalue weighted by atomic mass is 16.5. The minimum absolute atomic E-state index is 0.128. The monoisotopic (exact) mass is 395 g/mol. The largest absolute Gasteiger partial charge is 0.496 e. The number of aliphatic hydroxyl groups excluding tert-OH is 1. The summed E-state index contributed by atoms with van der Waals surface area (Å²) in [6.45, 7) is 3.89. The van der Waals surface area contributed by atoms with Crippen LogP contribution in [0.25, 0.3) is 11.3 Å². The number of aliphatic hydroxyl groups is 1. The maximum atomic E-state index is 12.6. The van der Waals surface area contributed by atoms with Gasteiger partial charge in [0.15, 0.2) is 0 Å². The molecule has 0 radical (unpaired) electrons. The molecule has 6 heteroatoms. The third-order valence-corrected chi connectivity index (χ3v) is 4.57. The predicted octanol–water partition coefficient (Wildman–Crippen LogP) is 4.88. The standard InChI is InChI=1S/C23H25NO5/c1-4-15(2)28-18-8-5-16(6-9-18)23(26)24-17-7-11-20(22(13-17)27-3)21-12-10-19(14-25)29-21/h5-13,15,25H,4,14H2,1-3H3,(H,24,26)/t15-/m0/s1. The summed E-state index contributed by atoms with van der Waals surface area (Å²) in [7, 11) is 1.55. The topological polar surface area (TPSA) is 80.9 Å². The number of carbonyl (C=O) groups excluding carboxylic acids is 1. The van der Waals surface area contributed by atoms with Crippen molar-refractivity contribution in [2.45, 2.75) is 33.0 Å². The van der Waals surface area contributed by atoms with Crippen LogP contribution >= 0.6 is 0 Å². The molecule has 2 N–H and O–H groups in total. The number of hydrogen-bond donors (Lipinski definition) is 2. The second kappa shape index (κ2) is 9.30. The van der Waals surface area contributed by atoms with Crippen LogP contribution < -0.4 is 14.8 Å². The molecule has 3 aromatic rings. The van der Waals surface area contributed by atoms with E-state index in [1.54, 1.807) is 61.7 Å². The van der Waals surface area contributed by atoms with Gasteiger partial charge in [-0.15, -0.1) is 0 Å². The Morgan fingerprint density at radius 2 is 1.90 bits per heavy atom. The Morgan fingerprint density at radius 3 is 2.52 bits per heavy atom. The Labute approximate surface area is 170 Å². The molecule has 0 aliphatic rings. The van der Waals surface area contributed by atoms with Gasteiger partial charge in [0, 0.05) is 17.3 Å². The highest BCUT2D eigenvalue weighted by Gasteiger charge is 2.13. The molecule has 0 aliphatic carbocycles. The molecular formula is C23H25NO5. The van der Waals surface area contributed by atoms with E-state index < -0.39 is 0 Å². The number of ether oxygens (including phenoxy) is 2. The smallest absolute Gasteiger partial charge is 0.255 e. The second-order valence-electron chi connectivity index (χ2n) is 6.65. The predicted molar refractivity (Wildman–Crippen MR) is 111 cm³/mol. The Bertz CT molecular complexity index is 962. The summed E-state index contributed by atoms with van der Waals surface area (Å²) in [6, 6.07) is 15.8. The molecule has 0 fully saturated rings. The van der Waals surface area contributed by atoms with E-state index in [9.17, 15) is 4.79 Å². The average Bonchev–Trinajstić information content (AvgIpc) is 3.23. The van der Waals surface area contributed by atoms with Gasteiger partial charge in [0.1, 0.15) is 29.6 Å². The van der Waals surface area contributed by atoms with E-state index in [-0.39, 0.29) is 18.6 Å². The summed E-state index contributed by atoms with van der Waals surface area (Å²) >= 11 is 0. The number of hydrogen-bond acceptors (Lipinski definition) is 5. The number of methoxy groups -OCH3 is 1. The summed E-state index contributed by atoms with van der Waals surface area (Å²) in [5.41, 5.74) is 1.87. The zero-order chi connectivity index (χ0) is 20.8. The summed E-state index contributed by atoms with van der Waals surface area (Å²) < 4.78 is 16.8. The van der Waals surface area contributed by atoms with E-state index in [1.807, 2.05) is 6.92 Å². The zero-order valence-electron chi connectivity index (χ0n) is 16.8. The second-order valence-corrected chi connectivity index (χ2v) is 6.65. The van der Waals surface area contributed by atoms with Gasteiger partial charge in [-0.1, -0.05) is 6.92 Å². The van der Waals surface area contributed by atoms with Crippen molar-refractivity contribution in [3.63, 3.8) is 0 Å². The molecule has 0 spiro atoms. The molecular weight excluding hydrogens is 370 g/mol. The Kier molecular flexibility index (Phi) is 6.57. The Morgan fingerprint density at radius 1 is 1.14 bits per heavy atom. The lowest BCUT2D eigenvalue weighted by atomic mass is 10.1. The third kappa shape index (κ3) is 4.97. The van der Waals surface area contributed by atoms with Crippen LogP contribution in [0.4, 0.5) is 5.69 Å². The van der Waals surface area contributed by atoms with Gasteiger partial charge in [0.2, 0.25) is 0 Å². The van der Waals surface area contributed by atoms with Crippen LogP contribution in [0.5, 0.6) is 11.5 Å². The molecule has 1 amide bonds. The molecule has 0 bridgehead atoms. The molecule has 152 valence electrons. The number of carbonyl (C=O) groups is 1. The third-order valence-electron chi connectivity index (χ3n) is 4.57. The van der Waals surface area contributed by atoms with Crippen LogP contribution in [0.2, 0.25) is 0 Å². The van der Waals surface area contributed by atoms with E-state index in [1.165, 1.54) is 0 Å². The van der Waals surface area contributed by atoms with Crippen LogP contribution in [-0.2, 0) is 6.61 Å². The molecule has 1 atom stereocenters. The number of furan rings is 1. The number of amides is 1. The van der Waals surface area contributed by atoms with Crippen molar-refractivity contribution in [1.82, 2.24) is 0 Å². The normalized spacial score (nSPS) is 11.7. The molecule has 0 saturated carbocycles. The van der Waals surface area contributed by atoms with Crippen molar-refractivity contribution in [3.05, 3.63) is 65.9 Å². The summed E-state index contributed by atoms with van der Waals surface area (Å²) in [5, 5.41) is 12.0. The van der Waals surface area contributed by atoms with E-state index >= 15 is 0 Å². The first-order valence-corrected chi connectivity index (χ1v) is 9.50. The molecule has 1 heterocycles. The fourth-order valence-electron chi connectivity index (χ4n) is 2.78. The first-order valence-electron chi connectivity index (χ1n) is 9.50. The van der Waals surface area contributed by atoms with Crippen molar-refractivity contribution in [3.8, 4) is 22.8 Å². The van der Waals surface area contributed by atoms with Gasteiger partial charge >= 0.3 is 0 Å². The van der Waals surface area contributed by atoms with Crippen LogP contribution in [0.3, 0.4) is 0 Å². The van der Waals surface area contributed by atoms with Gasteiger partial charge in [-0.05, 0) is 61.9 Å². The van der Waals surface area contributed by atoms with E-state index in [0.717, 1.165) is 17.7 Å². The quantitative estimate of drug-likeness (QED) is 0.568. The fourth-order valence-corrected chi connectivity index (χ4v) is 2.78. The summed E-state index contributed by atoms with van der Waals surface area (Å²) in [5.74, 6) is 2.12. The lowest BCUT2D eigenvalue weighted by molar-refractivity contribution is 0.102. The van der Waals surface area contributed by atoms with Crippen LogP contribution in [0.15, 0.2) is 59.0 Å². The van der Waals surface area contributed by atoms with Gasteiger partial charge in [-0.3, -0.25) is 4.79 Å². The molecule has 6 nitrogen and oxygen atoms in total. The summed E-state index contributed by atoms with van der Waals surface area (Å²) in [6.07, 6.45) is 1.04. The molecule has 3 rings (SSSR count). The van der Waals surface area contributed by atoms with Crippen molar-refractivity contribution in [1.29, 1.82) is 0 Å². The van der Waals surface area contributed by atoms with Gasteiger partial charge in [-0.2, -0.15) is 0 Å². The minimum Gasteiger partial charge on any atom is -0.496 e. The summed E-state index contributed by atoms with van der Waals surface area (Å²) in [4.78, 5) is 12.6. The molecule has 0 saturated heterocycles. The maximum Gasteiger partial charge on any atom is 0.255 e. The van der Waals surface area contributed by atoms with E-state index in [4.69, 9.17) is 19.0 Å². The van der Waals surface area contributed by atoms with Crippen LogP contribution in [0, 0.1) is 0 Å². The Hall–Kier alpha value is -3.25. The van der Waals surface area contributed by atoms with Crippen molar-refractivity contribution in [2.24, 2.45) is 0 Å². The van der Waals surface area contributed by atoms with E-state index in [2.05, 4.69) is 12.2 Å². The Balaban J connectivity index is 1.73. The highest BCUT2D eigenvalue weighted by molar-refractivity contribution is 6.04. The van der Waals surface area contributed by atoms with Crippen LogP contribution in [-0.4, -0.2) is 24.2 Å². The first-order chi connectivity index (χ1) is 14.0. The number of benzene rings is 2. The first kappa shape index (κ1) is 20.5. The van der Waals surface area contributed by atoms with Gasteiger partial charge < -0.3 is 24.3 Å². The van der Waals surface area contributed by atoms with Crippen molar-refractivity contribution < 1.29 is 23.8 Å². The van der Waals surface area contributed by atoms with Crippen molar-refractivity contribution >= 4 is 11.6 Å². The molecule has 1 aromatic heterocycles. The lowest BCUT2D eigenvalue weighted by Crippen LogP contribution is -2.13. The lowest BCUT2D eigenvalue weighted by Gasteiger charge is -2.13. The average molecular weight is 395 g/mol. The highest BCUT2D eigenvalue weighted by Crippen LogP contribution is 2.33. The number of anilines is 1. The molecule has 0 aliphatic heterocycles. The van der Waals surface area contributed by atoms with Gasteiger partial charge in [-0.25, -0.2) is 0 Å². The number of rotatable bonds is 8.